The van der Waals surface area contributed by atoms with Gasteiger partial charge in [-0.05, 0) is 17.7 Å². The van der Waals surface area contributed by atoms with E-state index in [-0.39, 0.29) is 0 Å². The number of aromatic nitrogens is 2. The molecular formula is C15H13N3. The fourth-order valence-corrected chi connectivity index (χ4v) is 1.90. The summed E-state index contributed by atoms with van der Waals surface area (Å²) in [5, 5.41) is 0. The van der Waals surface area contributed by atoms with E-state index in [1.807, 2.05) is 60.7 Å². The number of benzene rings is 2. The van der Waals surface area contributed by atoms with Crippen LogP contribution >= 0.6 is 0 Å². The van der Waals surface area contributed by atoms with Crippen molar-refractivity contribution in [2.45, 2.75) is 0 Å². The van der Waals surface area contributed by atoms with Crippen molar-refractivity contribution in [2.75, 3.05) is 0 Å². The van der Waals surface area contributed by atoms with Crippen LogP contribution in [0.5, 0.6) is 0 Å². The summed E-state index contributed by atoms with van der Waals surface area (Å²) in [5.41, 5.74) is 9.72. The quantitative estimate of drug-likeness (QED) is 0.717. The van der Waals surface area contributed by atoms with Gasteiger partial charge in [-0.2, -0.15) is 0 Å². The second-order valence-electron chi connectivity index (χ2n) is 4.10. The maximum Gasteiger partial charge on any atom is 0.133 e. The Balaban J connectivity index is 2.00. The zero-order valence-electron chi connectivity index (χ0n) is 9.80. The standard InChI is InChI=1S/C15H13N3/c16-12(11-6-2-1-3-7-11)10-15-17-13-8-4-5-9-14(13)18-15/h1-10H,16H2,(H,17,18)/b12-10-. The van der Waals surface area contributed by atoms with Crippen LogP contribution < -0.4 is 5.73 Å². The van der Waals surface area contributed by atoms with E-state index in [4.69, 9.17) is 5.73 Å². The Labute approximate surface area is 105 Å². The van der Waals surface area contributed by atoms with Gasteiger partial charge in [-0.25, -0.2) is 4.98 Å². The summed E-state index contributed by atoms with van der Waals surface area (Å²) in [5.74, 6) is 0.776. The van der Waals surface area contributed by atoms with Crippen molar-refractivity contribution in [3.05, 3.63) is 66.0 Å². The molecule has 0 aliphatic rings. The number of nitrogens with two attached hydrogens (primary N) is 1. The fourth-order valence-electron chi connectivity index (χ4n) is 1.90. The number of hydrogen-bond acceptors (Lipinski definition) is 2. The lowest BCUT2D eigenvalue weighted by molar-refractivity contribution is 1.29. The van der Waals surface area contributed by atoms with Gasteiger partial charge >= 0.3 is 0 Å². The molecule has 3 aromatic rings. The lowest BCUT2D eigenvalue weighted by atomic mass is 10.1. The molecule has 3 nitrogen and oxygen atoms in total. The van der Waals surface area contributed by atoms with Gasteiger partial charge < -0.3 is 10.7 Å². The molecule has 0 saturated heterocycles. The highest BCUT2D eigenvalue weighted by Crippen LogP contribution is 2.15. The molecule has 18 heavy (non-hydrogen) atoms. The highest BCUT2D eigenvalue weighted by atomic mass is 14.9. The Kier molecular flexibility index (Phi) is 2.57. The van der Waals surface area contributed by atoms with Gasteiger partial charge in [0.25, 0.3) is 0 Å². The average Bonchev–Trinajstić information content (AvgIpc) is 2.82. The molecule has 0 radical (unpaired) electrons. The van der Waals surface area contributed by atoms with Crippen LogP contribution in [0, 0.1) is 0 Å². The first-order chi connectivity index (χ1) is 8.83. The number of hydrogen-bond donors (Lipinski definition) is 2. The molecule has 0 aliphatic carbocycles. The predicted molar refractivity (Wildman–Crippen MR) is 74.6 cm³/mol. The topological polar surface area (TPSA) is 54.7 Å². The van der Waals surface area contributed by atoms with Crippen LogP contribution in [0.2, 0.25) is 0 Å². The van der Waals surface area contributed by atoms with Crippen molar-refractivity contribution in [3.8, 4) is 0 Å². The Morgan fingerprint density at radius 1 is 1.00 bits per heavy atom. The van der Waals surface area contributed by atoms with E-state index in [1.165, 1.54) is 0 Å². The van der Waals surface area contributed by atoms with Crippen LogP contribution in [0.15, 0.2) is 54.6 Å². The van der Waals surface area contributed by atoms with Crippen LogP contribution in [-0.4, -0.2) is 9.97 Å². The van der Waals surface area contributed by atoms with Crippen molar-refractivity contribution in [1.29, 1.82) is 0 Å². The minimum Gasteiger partial charge on any atom is -0.398 e. The molecule has 0 saturated carbocycles. The predicted octanol–water partition coefficient (Wildman–Crippen LogP) is 3.02. The van der Waals surface area contributed by atoms with Gasteiger partial charge in [-0.3, -0.25) is 0 Å². The normalized spacial score (nSPS) is 11.9. The number of aromatic amines is 1. The number of fused-ring (bicyclic) bond motifs is 1. The smallest absolute Gasteiger partial charge is 0.133 e. The molecule has 3 rings (SSSR count). The molecule has 0 spiro atoms. The minimum absolute atomic E-state index is 0.703. The van der Waals surface area contributed by atoms with E-state index >= 15 is 0 Å². The van der Waals surface area contributed by atoms with E-state index in [2.05, 4.69) is 9.97 Å². The number of H-pyrrole nitrogens is 1. The number of imidazole rings is 1. The first kappa shape index (κ1) is 10.6. The second kappa shape index (κ2) is 4.37. The third-order valence-corrected chi connectivity index (χ3v) is 2.81. The van der Waals surface area contributed by atoms with Crippen LogP contribution in [0.3, 0.4) is 0 Å². The molecule has 0 amide bonds. The van der Waals surface area contributed by atoms with E-state index in [1.54, 1.807) is 0 Å². The maximum absolute atomic E-state index is 6.05. The monoisotopic (exact) mass is 235 g/mol. The van der Waals surface area contributed by atoms with Gasteiger partial charge in [0.2, 0.25) is 0 Å². The minimum atomic E-state index is 0.703. The number of nitrogens with one attached hydrogen (secondary N) is 1. The van der Waals surface area contributed by atoms with Gasteiger partial charge in [-0.1, -0.05) is 42.5 Å². The van der Waals surface area contributed by atoms with Gasteiger partial charge in [0, 0.05) is 11.8 Å². The van der Waals surface area contributed by atoms with Crippen LogP contribution in [-0.2, 0) is 0 Å². The summed E-state index contributed by atoms with van der Waals surface area (Å²) in [4.78, 5) is 7.69. The highest BCUT2D eigenvalue weighted by Gasteiger charge is 2.01. The molecule has 3 heteroatoms. The maximum atomic E-state index is 6.05. The third-order valence-electron chi connectivity index (χ3n) is 2.81. The molecule has 2 aromatic carbocycles. The van der Waals surface area contributed by atoms with Crippen molar-refractivity contribution < 1.29 is 0 Å². The number of nitrogens with zero attached hydrogens (tertiary/aromatic N) is 1. The summed E-state index contributed by atoms with van der Waals surface area (Å²) < 4.78 is 0. The van der Waals surface area contributed by atoms with Crippen molar-refractivity contribution in [2.24, 2.45) is 5.73 Å². The van der Waals surface area contributed by atoms with E-state index in [9.17, 15) is 0 Å². The molecule has 0 fully saturated rings. The summed E-state index contributed by atoms with van der Waals surface area (Å²) in [7, 11) is 0. The SMILES string of the molecule is N/C(=C\c1nc2ccccc2[nH]1)c1ccccc1. The van der Waals surface area contributed by atoms with Crippen LogP contribution in [0.4, 0.5) is 0 Å². The first-order valence-electron chi connectivity index (χ1n) is 5.80. The van der Waals surface area contributed by atoms with Crippen molar-refractivity contribution in [1.82, 2.24) is 9.97 Å². The Bertz CT molecular complexity index is 663. The summed E-state index contributed by atoms with van der Waals surface area (Å²) in [6.07, 6.45) is 1.86. The van der Waals surface area contributed by atoms with E-state index in [0.29, 0.717) is 5.70 Å². The molecule has 3 N–H and O–H groups in total. The average molecular weight is 235 g/mol. The van der Waals surface area contributed by atoms with E-state index in [0.717, 1.165) is 22.4 Å². The molecule has 0 aliphatic heterocycles. The lowest BCUT2D eigenvalue weighted by Crippen LogP contribution is -1.95. The molecule has 1 heterocycles. The largest absolute Gasteiger partial charge is 0.398 e. The summed E-state index contributed by atoms with van der Waals surface area (Å²) >= 11 is 0. The van der Waals surface area contributed by atoms with Crippen molar-refractivity contribution in [3.63, 3.8) is 0 Å². The van der Waals surface area contributed by atoms with Gasteiger partial charge in [0.1, 0.15) is 5.82 Å². The number of rotatable bonds is 2. The van der Waals surface area contributed by atoms with Gasteiger partial charge in [0.15, 0.2) is 0 Å². The molecule has 0 bridgehead atoms. The molecule has 0 unspecified atom stereocenters. The van der Waals surface area contributed by atoms with Gasteiger partial charge in [-0.15, -0.1) is 0 Å². The molecular weight excluding hydrogens is 222 g/mol. The Hall–Kier alpha value is -2.55. The van der Waals surface area contributed by atoms with Gasteiger partial charge in [0.05, 0.1) is 11.0 Å². The van der Waals surface area contributed by atoms with E-state index < -0.39 is 0 Å². The fraction of sp³-hybridized carbons (Fsp3) is 0. The summed E-state index contributed by atoms with van der Waals surface area (Å²) in [6, 6.07) is 17.8. The Morgan fingerprint density at radius 2 is 1.72 bits per heavy atom. The zero-order valence-corrected chi connectivity index (χ0v) is 9.80. The lowest BCUT2D eigenvalue weighted by Gasteiger charge is -1.99. The highest BCUT2D eigenvalue weighted by molar-refractivity contribution is 5.82. The van der Waals surface area contributed by atoms with Crippen LogP contribution in [0.25, 0.3) is 22.8 Å². The number of para-hydroxylation sites is 2. The first-order valence-corrected chi connectivity index (χ1v) is 5.80. The molecule has 88 valence electrons. The molecule has 1 aromatic heterocycles. The third kappa shape index (κ3) is 1.98. The van der Waals surface area contributed by atoms with Crippen LogP contribution in [0.1, 0.15) is 11.4 Å². The zero-order chi connectivity index (χ0) is 12.4. The summed E-state index contributed by atoms with van der Waals surface area (Å²) in [6.45, 7) is 0. The van der Waals surface area contributed by atoms with Crippen molar-refractivity contribution >= 4 is 22.8 Å². The molecule has 0 atom stereocenters. The second-order valence-corrected chi connectivity index (χ2v) is 4.10. The Morgan fingerprint density at radius 3 is 2.50 bits per heavy atom.